The minimum absolute atomic E-state index is 0.124. The first-order valence-electron chi connectivity index (χ1n) is 11.5. The van der Waals surface area contributed by atoms with E-state index in [1.165, 1.54) is 25.8 Å². The van der Waals surface area contributed by atoms with E-state index in [1.54, 1.807) is 42.3 Å². The van der Waals surface area contributed by atoms with Gasteiger partial charge in [-0.3, -0.25) is 9.59 Å². The quantitative estimate of drug-likeness (QED) is 0.349. The van der Waals surface area contributed by atoms with Gasteiger partial charge in [-0.25, -0.2) is 4.79 Å². The Hall–Kier alpha value is -3.08. The lowest BCUT2D eigenvalue weighted by Crippen LogP contribution is -2.45. The number of carbonyl (C=O) groups excluding carboxylic acids is 3. The molecular weight excluding hydrogens is 484 g/mol. The highest BCUT2D eigenvalue weighted by atomic mass is 32.2. The van der Waals surface area contributed by atoms with E-state index in [-0.39, 0.29) is 19.1 Å². The molecule has 2 atom stereocenters. The van der Waals surface area contributed by atoms with Gasteiger partial charge in [-0.05, 0) is 50.0 Å². The van der Waals surface area contributed by atoms with Crippen LogP contribution in [0, 0.1) is 0 Å². The molecule has 0 N–H and O–H groups in total. The Morgan fingerprint density at radius 3 is 2.39 bits per heavy atom. The number of rotatable bonds is 10. The molecule has 1 heterocycles. The molecule has 1 aliphatic heterocycles. The van der Waals surface area contributed by atoms with Gasteiger partial charge in [0, 0.05) is 32.0 Å². The topological polar surface area (TPSA) is 94.6 Å². The van der Waals surface area contributed by atoms with Gasteiger partial charge in [-0.2, -0.15) is 0 Å². The van der Waals surface area contributed by atoms with E-state index in [4.69, 9.17) is 18.9 Å². The Kier molecular flexibility index (Phi) is 9.74. The van der Waals surface area contributed by atoms with Crippen LogP contribution in [-0.4, -0.2) is 83.5 Å². The van der Waals surface area contributed by atoms with Gasteiger partial charge in [0.2, 0.25) is 0 Å². The minimum Gasteiger partial charge on any atom is -0.497 e. The fourth-order valence-corrected chi connectivity index (χ4v) is 5.01. The predicted octanol–water partition coefficient (Wildman–Crippen LogP) is 3.17. The van der Waals surface area contributed by atoms with Crippen molar-refractivity contribution in [2.45, 2.75) is 23.2 Å². The van der Waals surface area contributed by atoms with E-state index >= 15 is 0 Å². The predicted molar refractivity (Wildman–Crippen MR) is 137 cm³/mol. The molecule has 0 radical (unpaired) electrons. The maximum Gasteiger partial charge on any atom is 0.338 e. The fraction of sp³-hybridized carbons (Fsp3) is 0.423. The Balaban J connectivity index is 2.07. The fourth-order valence-electron chi connectivity index (χ4n) is 3.71. The second-order valence-corrected chi connectivity index (χ2v) is 9.63. The highest BCUT2D eigenvalue weighted by molar-refractivity contribution is 7.99. The molecule has 1 aliphatic rings. The van der Waals surface area contributed by atoms with Crippen molar-refractivity contribution in [3.63, 3.8) is 0 Å². The Morgan fingerprint density at radius 2 is 1.78 bits per heavy atom. The summed E-state index contributed by atoms with van der Waals surface area (Å²) in [7, 11) is 6.92. The van der Waals surface area contributed by atoms with Crippen molar-refractivity contribution in [2.24, 2.45) is 0 Å². The van der Waals surface area contributed by atoms with Crippen LogP contribution in [0.15, 0.2) is 47.4 Å². The van der Waals surface area contributed by atoms with Gasteiger partial charge in [-0.1, -0.05) is 12.1 Å². The lowest BCUT2D eigenvalue weighted by Gasteiger charge is -2.28. The van der Waals surface area contributed by atoms with Crippen molar-refractivity contribution in [1.29, 1.82) is 0 Å². The first-order chi connectivity index (χ1) is 17.2. The molecule has 0 bridgehead atoms. The number of likely N-dealkylation sites (N-methyl/N-ethyl adjacent to an activating group) is 1. The molecule has 0 spiro atoms. The zero-order valence-electron chi connectivity index (χ0n) is 21.2. The standard InChI is InChI=1S/C26H32N2O7S/c1-17(29)35-23-24(18-6-9-20(33-5)10-7-18)36-22-11-8-19(26(31)34-15-14-32-4)16-21(22)28(25(23)30)13-12-27(2)3/h6-11,16,23-24H,12-15H2,1-5H3. The van der Waals surface area contributed by atoms with Gasteiger partial charge < -0.3 is 28.7 Å². The molecule has 2 aromatic rings. The molecule has 0 fully saturated rings. The molecule has 0 aliphatic carbocycles. The molecule has 10 heteroatoms. The van der Waals surface area contributed by atoms with Crippen LogP contribution in [0.5, 0.6) is 5.75 Å². The Labute approximate surface area is 215 Å². The summed E-state index contributed by atoms with van der Waals surface area (Å²) >= 11 is 1.41. The smallest absolute Gasteiger partial charge is 0.338 e. The lowest BCUT2D eigenvalue weighted by molar-refractivity contribution is -0.152. The summed E-state index contributed by atoms with van der Waals surface area (Å²) in [4.78, 5) is 42.9. The SMILES string of the molecule is COCCOC(=O)c1ccc2c(c1)N(CCN(C)C)C(=O)C(OC(C)=O)C(c1ccc(OC)cc1)S2. The highest BCUT2D eigenvalue weighted by Gasteiger charge is 2.41. The van der Waals surface area contributed by atoms with Crippen LogP contribution in [0.4, 0.5) is 5.69 Å². The molecule has 9 nitrogen and oxygen atoms in total. The van der Waals surface area contributed by atoms with Gasteiger partial charge in [0.1, 0.15) is 12.4 Å². The van der Waals surface area contributed by atoms with Gasteiger partial charge in [-0.15, -0.1) is 11.8 Å². The average molecular weight is 517 g/mol. The van der Waals surface area contributed by atoms with E-state index in [9.17, 15) is 14.4 Å². The van der Waals surface area contributed by atoms with Crippen LogP contribution in [-0.2, 0) is 23.8 Å². The molecular formula is C26H32N2O7S. The van der Waals surface area contributed by atoms with Crippen molar-refractivity contribution in [2.75, 3.05) is 59.5 Å². The monoisotopic (exact) mass is 516 g/mol. The third-order valence-corrected chi connectivity index (χ3v) is 6.92. The zero-order chi connectivity index (χ0) is 26.2. The van der Waals surface area contributed by atoms with Gasteiger partial charge >= 0.3 is 11.9 Å². The maximum atomic E-state index is 13.9. The lowest BCUT2D eigenvalue weighted by atomic mass is 10.1. The normalized spacial score (nSPS) is 17.4. The third kappa shape index (κ3) is 6.77. The summed E-state index contributed by atoms with van der Waals surface area (Å²) in [6, 6.07) is 12.5. The molecule has 2 aromatic carbocycles. The molecule has 36 heavy (non-hydrogen) atoms. The summed E-state index contributed by atoms with van der Waals surface area (Å²) < 4.78 is 21.1. The summed E-state index contributed by atoms with van der Waals surface area (Å²) in [5.74, 6) is -0.734. The number of carbonyl (C=O) groups is 3. The molecule has 3 rings (SSSR count). The van der Waals surface area contributed by atoms with Gasteiger partial charge in [0.25, 0.3) is 5.91 Å². The van der Waals surface area contributed by atoms with Crippen LogP contribution in [0.25, 0.3) is 0 Å². The number of fused-ring (bicyclic) bond motifs is 1. The number of nitrogens with zero attached hydrogens (tertiary/aromatic N) is 2. The van der Waals surface area contributed by atoms with Crippen molar-refractivity contribution < 1.29 is 33.3 Å². The molecule has 1 amide bonds. The number of benzene rings is 2. The molecule has 0 saturated heterocycles. The van der Waals surface area contributed by atoms with Crippen LogP contribution >= 0.6 is 11.8 Å². The Bertz CT molecular complexity index is 1070. The van der Waals surface area contributed by atoms with E-state index in [0.29, 0.717) is 30.1 Å². The summed E-state index contributed by atoms with van der Waals surface area (Å²) in [5, 5.41) is -0.505. The zero-order valence-corrected chi connectivity index (χ0v) is 22.0. The van der Waals surface area contributed by atoms with E-state index in [2.05, 4.69) is 0 Å². The van der Waals surface area contributed by atoms with Gasteiger partial charge in [0.05, 0.1) is 30.2 Å². The van der Waals surface area contributed by atoms with Crippen LogP contribution in [0.3, 0.4) is 0 Å². The van der Waals surface area contributed by atoms with Crippen molar-refractivity contribution in [3.05, 3.63) is 53.6 Å². The number of anilines is 1. The second-order valence-electron chi connectivity index (χ2n) is 8.45. The number of amides is 1. The summed E-state index contributed by atoms with van der Waals surface area (Å²) in [6.07, 6.45) is -1.06. The molecule has 0 saturated carbocycles. The van der Waals surface area contributed by atoms with E-state index in [0.717, 1.165) is 10.5 Å². The molecule has 0 aromatic heterocycles. The average Bonchev–Trinajstić information content (AvgIpc) is 2.96. The van der Waals surface area contributed by atoms with Gasteiger partial charge in [0.15, 0.2) is 6.10 Å². The molecule has 2 unspecified atom stereocenters. The number of thioether (sulfide) groups is 1. The molecule has 194 valence electrons. The Morgan fingerprint density at radius 1 is 1.06 bits per heavy atom. The minimum atomic E-state index is -1.06. The number of ether oxygens (including phenoxy) is 4. The van der Waals surface area contributed by atoms with E-state index < -0.39 is 23.3 Å². The summed E-state index contributed by atoms with van der Waals surface area (Å²) in [5.41, 5.74) is 1.70. The van der Waals surface area contributed by atoms with Crippen molar-refractivity contribution in [1.82, 2.24) is 4.90 Å². The van der Waals surface area contributed by atoms with Crippen molar-refractivity contribution >= 4 is 35.3 Å². The largest absolute Gasteiger partial charge is 0.497 e. The first-order valence-corrected chi connectivity index (χ1v) is 12.4. The van der Waals surface area contributed by atoms with Crippen LogP contribution in [0.2, 0.25) is 0 Å². The third-order valence-electron chi connectivity index (χ3n) is 5.55. The second kappa shape index (κ2) is 12.8. The highest BCUT2D eigenvalue weighted by Crippen LogP contribution is 2.47. The van der Waals surface area contributed by atoms with Crippen LogP contribution in [0.1, 0.15) is 28.1 Å². The number of methoxy groups -OCH3 is 2. The van der Waals surface area contributed by atoms with E-state index in [1.807, 2.05) is 31.1 Å². The number of hydrogen-bond donors (Lipinski definition) is 0. The summed E-state index contributed by atoms with van der Waals surface area (Å²) in [6.45, 7) is 2.61. The first kappa shape index (κ1) is 27.5. The number of hydrogen-bond acceptors (Lipinski definition) is 9. The van der Waals surface area contributed by atoms with Crippen molar-refractivity contribution in [3.8, 4) is 5.75 Å². The van der Waals surface area contributed by atoms with Crippen LogP contribution < -0.4 is 9.64 Å². The number of esters is 2. The maximum absolute atomic E-state index is 13.9.